The number of anilines is 1. The smallest absolute Gasteiger partial charge is 0.434 e. The van der Waals surface area contributed by atoms with E-state index in [0.717, 1.165) is 72.0 Å². The summed E-state index contributed by atoms with van der Waals surface area (Å²) in [6.07, 6.45) is 6.77. The van der Waals surface area contributed by atoms with Crippen molar-refractivity contribution in [2.45, 2.75) is 32.2 Å². The van der Waals surface area contributed by atoms with E-state index < -0.39 is 0 Å². The van der Waals surface area contributed by atoms with Gasteiger partial charge in [0.05, 0.1) is 42.7 Å². The second kappa shape index (κ2) is 11.2. The van der Waals surface area contributed by atoms with E-state index in [0.29, 0.717) is 31.0 Å². The molecule has 200 valence electrons. The molecule has 2 unspecified atom stereocenters. The molecule has 3 aliphatic rings. The Morgan fingerprint density at radius 3 is 2.84 bits per heavy atom. The number of benzene rings is 2. The van der Waals surface area contributed by atoms with Crippen LogP contribution in [0.25, 0.3) is 10.8 Å². The van der Waals surface area contributed by atoms with Crippen molar-refractivity contribution >= 4 is 40.1 Å². The number of likely N-dealkylation sites (tertiary alicyclic amines) is 1. The maximum absolute atomic E-state index is 6.69. The van der Waals surface area contributed by atoms with Gasteiger partial charge in [-0.2, -0.15) is 4.98 Å². The van der Waals surface area contributed by atoms with Gasteiger partial charge in [-0.25, -0.2) is 4.58 Å². The molecule has 0 radical (unpaired) electrons. The minimum atomic E-state index is 0.495. The lowest BCUT2D eigenvalue weighted by Gasteiger charge is -2.31. The minimum absolute atomic E-state index is 0.495. The van der Waals surface area contributed by atoms with Gasteiger partial charge in [-0.15, -0.1) is 0 Å². The third-order valence-corrected chi connectivity index (χ3v) is 8.55. The molecule has 0 saturated carbocycles. The van der Waals surface area contributed by atoms with Gasteiger partial charge in [0, 0.05) is 53.9 Å². The van der Waals surface area contributed by atoms with Crippen LogP contribution in [-0.2, 0) is 13.0 Å². The van der Waals surface area contributed by atoms with Crippen LogP contribution in [0, 0.1) is 11.8 Å². The van der Waals surface area contributed by atoms with E-state index in [-0.39, 0.29) is 0 Å². The van der Waals surface area contributed by atoms with Gasteiger partial charge in [0.1, 0.15) is 0 Å². The molecule has 3 aromatic rings. The number of nitrogens with zero attached hydrogens (tertiary/aromatic N) is 5. The molecule has 6 rings (SSSR count). The number of aromatic nitrogens is 2. The van der Waals surface area contributed by atoms with Gasteiger partial charge in [-0.3, -0.25) is 0 Å². The SMILES string of the molecule is CN1CCCC(COc2nc3c(c([N+](C)=CC4CCNC4)n2)CCN(c2cccc4cccc(Cl)c24)C3)C1. The van der Waals surface area contributed by atoms with Crippen molar-refractivity contribution in [1.29, 1.82) is 0 Å². The average Bonchev–Trinajstić information content (AvgIpc) is 3.44. The van der Waals surface area contributed by atoms with E-state index in [9.17, 15) is 0 Å². The molecule has 2 saturated heterocycles. The van der Waals surface area contributed by atoms with E-state index in [4.69, 9.17) is 26.3 Å². The second-order valence-electron chi connectivity index (χ2n) is 11.1. The second-order valence-corrected chi connectivity index (χ2v) is 11.5. The van der Waals surface area contributed by atoms with Crippen molar-refractivity contribution < 1.29 is 9.31 Å². The topological polar surface area (TPSA) is 56.5 Å². The maximum atomic E-state index is 6.69. The van der Waals surface area contributed by atoms with Crippen LogP contribution in [0.4, 0.5) is 11.5 Å². The third kappa shape index (κ3) is 5.37. The Hall–Kier alpha value is -2.74. The van der Waals surface area contributed by atoms with E-state index in [2.05, 4.69) is 64.3 Å². The van der Waals surface area contributed by atoms with Crippen LogP contribution >= 0.6 is 11.6 Å². The summed E-state index contributed by atoms with van der Waals surface area (Å²) < 4.78 is 8.52. The number of hydrogen-bond acceptors (Lipinski definition) is 6. The summed E-state index contributed by atoms with van der Waals surface area (Å²) in [6, 6.07) is 13.0. The molecule has 3 aliphatic heterocycles. The lowest BCUT2D eigenvalue weighted by Crippen LogP contribution is -2.35. The zero-order valence-electron chi connectivity index (χ0n) is 22.5. The summed E-state index contributed by atoms with van der Waals surface area (Å²) in [7, 11) is 4.31. The van der Waals surface area contributed by atoms with Crippen molar-refractivity contribution in [3.63, 3.8) is 0 Å². The van der Waals surface area contributed by atoms with Crippen molar-refractivity contribution in [2.24, 2.45) is 11.8 Å². The summed E-state index contributed by atoms with van der Waals surface area (Å²) in [5.41, 5.74) is 3.43. The van der Waals surface area contributed by atoms with Crippen LogP contribution in [0.1, 0.15) is 30.5 Å². The zero-order valence-corrected chi connectivity index (χ0v) is 23.3. The molecule has 8 heteroatoms. The molecule has 0 aliphatic carbocycles. The highest BCUT2D eigenvalue weighted by Crippen LogP contribution is 2.36. The summed E-state index contributed by atoms with van der Waals surface area (Å²) in [4.78, 5) is 14.8. The van der Waals surface area contributed by atoms with Crippen LogP contribution in [0.15, 0.2) is 36.4 Å². The Morgan fingerprint density at radius 1 is 1.16 bits per heavy atom. The fourth-order valence-electron chi connectivity index (χ4n) is 6.28. The molecule has 2 fully saturated rings. The average molecular weight is 534 g/mol. The highest BCUT2D eigenvalue weighted by atomic mass is 35.5. The summed E-state index contributed by atoms with van der Waals surface area (Å²) in [5.74, 6) is 2.01. The Bertz CT molecular complexity index is 1330. The predicted octanol–water partition coefficient (Wildman–Crippen LogP) is 4.52. The molecule has 0 spiro atoms. The maximum Gasteiger partial charge on any atom is 0.434 e. The molecule has 2 aromatic carbocycles. The molecule has 4 heterocycles. The van der Waals surface area contributed by atoms with Gasteiger partial charge < -0.3 is 19.9 Å². The summed E-state index contributed by atoms with van der Waals surface area (Å²) in [5, 5.41) is 6.52. The number of hydrogen-bond donors (Lipinski definition) is 1. The predicted molar refractivity (Wildman–Crippen MR) is 154 cm³/mol. The highest BCUT2D eigenvalue weighted by molar-refractivity contribution is 6.36. The number of halogens is 1. The molecule has 1 aromatic heterocycles. The molecular formula is C30H38ClN6O+. The van der Waals surface area contributed by atoms with Gasteiger partial charge >= 0.3 is 11.8 Å². The van der Waals surface area contributed by atoms with Gasteiger partial charge in [0.2, 0.25) is 0 Å². The minimum Gasteiger partial charge on any atom is -0.444 e. The van der Waals surface area contributed by atoms with Gasteiger partial charge in [0.25, 0.3) is 0 Å². The fourth-order valence-corrected chi connectivity index (χ4v) is 6.56. The van der Waals surface area contributed by atoms with Crippen molar-refractivity contribution in [2.75, 3.05) is 58.3 Å². The van der Waals surface area contributed by atoms with Crippen LogP contribution in [0.2, 0.25) is 5.02 Å². The van der Waals surface area contributed by atoms with E-state index in [1.54, 1.807) is 0 Å². The molecule has 0 bridgehead atoms. The number of rotatable bonds is 6. The Balaban J connectivity index is 1.33. The highest BCUT2D eigenvalue weighted by Gasteiger charge is 2.31. The molecule has 1 N–H and O–H groups in total. The first kappa shape index (κ1) is 25.5. The Morgan fingerprint density at radius 2 is 2.03 bits per heavy atom. The molecule has 38 heavy (non-hydrogen) atoms. The molecule has 0 amide bonds. The third-order valence-electron chi connectivity index (χ3n) is 8.23. The van der Waals surface area contributed by atoms with Crippen molar-refractivity contribution in [1.82, 2.24) is 20.2 Å². The van der Waals surface area contributed by atoms with Gasteiger partial charge in [-0.1, -0.05) is 35.9 Å². The van der Waals surface area contributed by atoms with Crippen LogP contribution in [0.5, 0.6) is 6.01 Å². The van der Waals surface area contributed by atoms with Crippen molar-refractivity contribution in [3.8, 4) is 6.01 Å². The normalized spacial score (nSPS) is 22.6. The number of piperidine rings is 1. The zero-order chi connectivity index (χ0) is 26.1. The first-order chi connectivity index (χ1) is 18.5. The first-order valence-corrected chi connectivity index (χ1v) is 14.3. The fraction of sp³-hybridized carbons (Fsp3) is 0.500. The molecule has 2 atom stereocenters. The van der Waals surface area contributed by atoms with Crippen LogP contribution in [0.3, 0.4) is 0 Å². The molecular weight excluding hydrogens is 496 g/mol. The largest absolute Gasteiger partial charge is 0.444 e. The Kier molecular flexibility index (Phi) is 7.50. The molecule has 7 nitrogen and oxygen atoms in total. The van der Waals surface area contributed by atoms with Crippen molar-refractivity contribution in [3.05, 3.63) is 52.7 Å². The Labute approximate surface area is 230 Å². The first-order valence-electron chi connectivity index (χ1n) is 14.0. The number of fused-ring (bicyclic) bond motifs is 2. The van der Waals surface area contributed by atoms with Gasteiger partial charge in [-0.05, 0) is 56.9 Å². The number of nitrogens with one attached hydrogen (secondary N) is 1. The lowest BCUT2D eigenvalue weighted by atomic mass is 10.00. The standard InChI is InChI=1S/C30H38ClN6O/c1-35-14-5-6-22(17-35)20-38-30-33-26-19-37(27-10-4-8-23-7-3-9-25(31)28(23)27)15-12-24(26)29(34-30)36(2)18-21-11-13-32-16-21/h3-4,7-10,18,21-22,32H,5-6,11-17,19-20H2,1-2H3/q+1. The quantitative estimate of drug-likeness (QED) is 0.371. The van der Waals surface area contributed by atoms with E-state index in [1.165, 1.54) is 24.9 Å². The lowest BCUT2D eigenvalue weighted by molar-refractivity contribution is -0.407. The van der Waals surface area contributed by atoms with E-state index >= 15 is 0 Å². The number of ether oxygens (including phenoxy) is 1. The summed E-state index contributed by atoms with van der Waals surface area (Å²) in [6.45, 7) is 6.58. The van der Waals surface area contributed by atoms with Crippen LogP contribution < -0.4 is 15.0 Å². The monoisotopic (exact) mass is 533 g/mol. The van der Waals surface area contributed by atoms with Crippen LogP contribution in [-0.4, -0.2) is 79.1 Å². The van der Waals surface area contributed by atoms with E-state index in [1.807, 2.05) is 12.1 Å². The van der Waals surface area contributed by atoms with Gasteiger partial charge in [0.15, 0.2) is 0 Å². The summed E-state index contributed by atoms with van der Waals surface area (Å²) >= 11 is 6.69.